The molecule has 0 saturated carbocycles. The van der Waals surface area contributed by atoms with Gasteiger partial charge in [-0.05, 0) is 29.3 Å². The summed E-state index contributed by atoms with van der Waals surface area (Å²) in [4.78, 5) is 23.7. The Hall–Kier alpha value is -2.20. The zero-order chi connectivity index (χ0) is 12.7. The van der Waals surface area contributed by atoms with Gasteiger partial charge in [-0.15, -0.1) is 0 Å². The molecule has 4 heteroatoms. The summed E-state index contributed by atoms with van der Waals surface area (Å²) in [5, 5.41) is 4.13. The molecule has 90 valence electrons. The van der Waals surface area contributed by atoms with Crippen LogP contribution < -0.4 is 11.1 Å². The van der Waals surface area contributed by atoms with Crippen molar-refractivity contribution in [2.75, 3.05) is 6.54 Å². The molecule has 0 fully saturated rings. The van der Waals surface area contributed by atoms with Crippen LogP contribution in [-0.4, -0.2) is 18.4 Å². The van der Waals surface area contributed by atoms with E-state index in [-0.39, 0.29) is 11.8 Å². The Bertz CT molecular complexity index is 677. The van der Waals surface area contributed by atoms with Gasteiger partial charge in [0, 0.05) is 0 Å². The topological polar surface area (TPSA) is 72.2 Å². The molecule has 1 aliphatic rings. The van der Waals surface area contributed by atoms with E-state index in [0.717, 1.165) is 16.3 Å². The highest BCUT2D eigenvalue weighted by molar-refractivity contribution is 6.27. The Morgan fingerprint density at radius 2 is 1.78 bits per heavy atom. The van der Waals surface area contributed by atoms with E-state index in [1.165, 1.54) is 0 Å². The van der Waals surface area contributed by atoms with Crippen LogP contribution in [0.4, 0.5) is 0 Å². The maximum absolute atomic E-state index is 11.9. The Morgan fingerprint density at radius 3 is 2.56 bits per heavy atom. The number of carbonyl (C=O) groups is 2. The van der Waals surface area contributed by atoms with Gasteiger partial charge in [0.25, 0.3) is 11.8 Å². The molecular formula is C14H12N2O2. The number of fused-ring (bicyclic) bond motifs is 3. The highest BCUT2D eigenvalue weighted by Crippen LogP contribution is 2.29. The monoisotopic (exact) mass is 240 g/mol. The average Bonchev–Trinajstić information content (AvgIpc) is 2.66. The molecule has 3 rings (SSSR count). The standard InChI is InChI=1S/C14H12N2O2/c15-6-5-9-7-8-3-1-2-4-10(8)12-11(9)13(17)16-14(12)18/h1-4,7H,5-6,15H2,(H,16,17,18). The fourth-order valence-electron chi connectivity index (χ4n) is 2.48. The maximum Gasteiger partial charge on any atom is 0.259 e. The first-order valence-corrected chi connectivity index (χ1v) is 5.82. The third-order valence-electron chi connectivity index (χ3n) is 3.23. The zero-order valence-corrected chi connectivity index (χ0v) is 9.69. The molecule has 3 N–H and O–H groups in total. The molecule has 0 unspecified atom stereocenters. The van der Waals surface area contributed by atoms with Gasteiger partial charge in [0.05, 0.1) is 11.1 Å². The summed E-state index contributed by atoms with van der Waals surface area (Å²) in [5.74, 6) is -0.630. The predicted molar refractivity (Wildman–Crippen MR) is 68.5 cm³/mol. The molecule has 0 aliphatic carbocycles. The lowest BCUT2D eigenvalue weighted by Gasteiger charge is -2.08. The fraction of sp³-hybridized carbons (Fsp3) is 0.143. The van der Waals surface area contributed by atoms with Crippen LogP contribution in [0.25, 0.3) is 10.8 Å². The van der Waals surface area contributed by atoms with Crippen molar-refractivity contribution >= 4 is 22.6 Å². The minimum atomic E-state index is -0.316. The molecular weight excluding hydrogens is 228 g/mol. The normalized spacial score (nSPS) is 13.8. The smallest absolute Gasteiger partial charge is 0.259 e. The molecule has 0 spiro atoms. The molecule has 18 heavy (non-hydrogen) atoms. The van der Waals surface area contributed by atoms with E-state index in [0.29, 0.717) is 24.1 Å². The molecule has 1 aliphatic heterocycles. The van der Waals surface area contributed by atoms with Gasteiger partial charge >= 0.3 is 0 Å². The largest absolute Gasteiger partial charge is 0.330 e. The van der Waals surface area contributed by atoms with Crippen molar-refractivity contribution in [3.05, 3.63) is 47.0 Å². The minimum Gasteiger partial charge on any atom is -0.330 e. The number of amides is 2. The number of hydrogen-bond donors (Lipinski definition) is 2. The number of rotatable bonds is 2. The maximum atomic E-state index is 11.9. The SMILES string of the molecule is NCCc1cc2ccccc2c2c1C(=O)NC2=O. The Kier molecular flexibility index (Phi) is 2.38. The second-order valence-corrected chi connectivity index (χ2v) is 4.33. The van der Waals surface area contributed by atoms with Gasteiger partial charge in [-0.2, -0.15) is 0 Å². The van der Waals surface area contributed by atoms with E-state index in [1.54, 1.807) is 0 Å². The number of carbonyl (C=O) groups excluding carboxylic acids is 2. The highest BCUT2D eigenvalue weighted by atomic mass is 16.2. The van der Waals surface area contributed by atoms with Gasteiger partial charge in [-0.25, -0.2) is 0 Å². The quantitative estimate of drug-likeness (QED) is 0.775. The summed E-state index contributed by atoms with van der Waals surface area (Å²) in [6, 6.07) is 9.51. The van der Waals surface area contributed by atoms with Crippen LogP contribution in [-0.2, 0) is 6.42 Å². The summed E-state index contributed by atoms with van der Waals surface area (Å²) in [7, 11) is 0. The van der Waals surface area contributed by atoms with Crippen molar-refractivity contribution in [3.8, 4) is 0 Å². The Balaban J connectivity index is 2.41. The third-order valence-corrected chi connectivity index (χ3v) is 3.23. The van der Waals surface area contributed by atoms with Gasteiger partial charge in [0.2, 0.25) is 0 Å². The number of nitrogens with one attached hydrogen (secondary N) is 1. The molecule has 1 heterocycles. The van der Waals surface area contributed by atoms with E-state index in [1.807, 2.05) is 30.3 Å². The summed E-state index contributed by atoms with van der Waals surface area (Å²) in [5.41, 5.74) is 7.38. The van der Waals surface area contributed by atoms with Gasteiger partial charge in [0.1, 0.15) is 0 Å². The van der Waals surface area contributed by atoms with E-state index in [4.69, 9.17) is 5.73 Å². The first-order valence-electron chi connectivity index (χ1n) is 5.82. The van der Waals surface area contributed by atoms with Crippen molar-refractivity contribution in [3.63, 3.8) is 0 Å². The molecule has 0 bridgehead atoms. The van der Waals surface area contributed by atoms with Gasteiger partial charge in [0.15, 0.2) is 0 Å². The van der Waals surface area contributed by atoms with Gasteiger partial charge in [-0.1, -0.05) is 30.3 Å². The number of benzene rings is 2. The lowest BCUT2D eigenvalue weighted by molar-refractivity contribution is 0.0880. The van der Waals surface area contributed by atoms with Crippen LogP contribution in [0.2, 0.25) is 0 Å². The van der Waals surface area contributed by atoms with Gasteiger partial charge < -0.3 is 5.73 Å². The molecule has 4 nitrogen and oxygen atoms in total. The van der Waals surface area contributed by atoms with Crippen molar-refractivity contribution in [1.29, 1.82) is 0 Å². The van der Waals surface area contributed by atoms with E-state index < -0.39 is 0 Å². The summed E-state index contributed by atoms with van der Waals surface area (Å²) in [6.45, 7) is 0.451. The summed E-state index contributed by atoms with van der Waals surface area (Å²) in [6.07, 6.45) is 0.591. The molecule has 0 saturated heterocycles. The number of hydrogen-bond acceptors (Lipinski definition) is 3. The van der Waals surface area contributed by atoms with E-state index in [2.05, 4.69) is 5.32 Å². The minimum absolute atomic E-state index is 0.315. The van der Waals surface area contributed by atoms with E-state index in [9.17, 15) is 9.59 Å². The second-order valence-electron chi connectivity index (χ2n) is 4.33. The average molecular weight is 240 g/mol. The molecule has 0 atom stereocenters. The number of imide groups is 1. The van der Waals surface area contributed by atoms with Crippen LogP contribution >= 0.6 is 0 Å². The third kappa shape index (κ3) is 1.43. The van der Waals surface area contributed by atoms with Gasteiger partial charge in [-0.3, -0.25) is 14.9 Å². The van der Waals surface area contributed by atoms with E-state index >= 15 is 0 Å². The Labute approximate surface area is 104 Å². The van der Waals surface area contributed by atoms with Crippen LogP contribution in [0.5, 0.6) is 0 Å². The summed E-state index contributed by atoms with van der Waals surface area (Å²) >= 11 is 0. The van der Waals surface area contributed by atoms with Crippen molar-refractivity contribution in [2.45, 2.75) is 6.42 Å². The molecule has 2 aromatic rings. The van der Waals surface area contributed by atoms with Crippen molar-refractivity contribution in [2.24, 2.45) is 5.73 Å². The van der Waals surface area contributed by atoms with Crippen LogP contribution in [0.1, 0.15) is 26.3 Å². The number of nitrogens with two attached hydrogens (primary N) is 1. The summed E-state index contributed by atoms with van der Waals surface area (Å²) < 4.78 is 0. The fourth-order valence-corrected chi connectivity index (χ4v) is 2.48. The lowest BCUT2D eigenvalue weighted by Crippen LogP contribution is -2.20. The zero-order valence-electron chi connectivity index (χ0n) is 9.69. The molecule has 0 radical (unpaired) electrons. The first-order chi connectivity index (χ1) is 8.72. The van der Waals surface area contributed by atoms with Crippen molar-refractivity contribution < 1.29 is 9.59 Å². The second kappa shape index (κ2) is 3.92. The molecule has 2 aromatic carbocycles. The van der Waals surface area contributed by atoms with Crippen LogP contribution in [0.3, 0.4) is 0 Å². The molecule has 2 amide bonds. The predicted octanol–water partition coefficient (Wildman–Crippen LogP) is 1.22. The Morgan fingerprint density at radius 1 is 1.06 bits per heavy atom. The van der Waals surface area contributed by atoms with Crippen molar-refractivity contribution in [1.82, 2.24) is 5.32 Å². The van der Waals surface area contributed by atoms with Crippen LogP contribution in [0.15, 0.2) is 30.3 Å². The molecule has 0 aromatic heterocycles. The lowest BCUT2D eigenvalue weighted by atomic mass is 9.94. The van der Waals surface area contributed by atoms with Crippen LogP contribution in [0, 0.1) is 0 Å². The first kappa shape index (κ1) is 10.9. The highest BCUT2D eigenvalue weighted by Gasteiger charge is 2.31.